The molecule has 1 aromatic rings. The Morgan fingerprint density at radius 1 is 1.29 bits per heavy atom. The molecule has 1 aromatic carbocycles. The van der Waals surface area contributed by atoms with Crippen LogP contribution in [-0.2, 0) is 4.74 Å². The van der Waals surface area contributed by atoms with Crippen molar-refractivity contribution in [2.45, 2.75) is 12.5 Å². The third-order valence-electron chi connectivity index (χ3n) is 2.85. The molecule has 2 rings (SSSR count). The number of hydrogen-bond acceptors (Lipinski definition) is 4. The Kier molecular flexibility index (Phi) is 4.51. The quantitative estimate of drug-likeness (QED) is 0.852. The summed E-state index contributed by atoms with van der Waals surface area (Å²) in [5.41, 5.74) is 4.56. The van der Waals surface area contributed by atoms with Gasteiger partial charge in [-0.3, -0.25) is 0 Å². The van der Waals surface area contributed by atoms with Gasteiger partial charge in [0.1, 0.15) is 0 Å². The summed E-state index contributed by atoms with van der Waals surface area (Å²) in [5, 5.41) is 11.0. The summed E-state index contributed by atoms with van der Waals surface area (Å²) in [6.07, 6.45) is 0.474. The first-order valence-corrected chi connectivity index (χ1v) is 5.91. The van der Waals surface area contributed by atoms with E-state index in [0.29, 0.717) is 6.42 Å². The van der Waals surface area contributed by atoms with Gasteiger partial charge in [-0.05, 0) is 5.56 Å². The third kappa shape index (κ3) is 3.53. The maximum Gasteiger partial charge on any atom is 0.0642 e. The van der Waals surface area contributed by atoms with Gasteiger partial charge < -0.3 is 4.74 Å². The molecule has 0 aliphatic carbocycles. The molecule has 17 heavy (non-hydrogen) atoms. The van der Waals surface area contributed by atoms with Crippen LogP contribution in [0.15, 0.2) is 30.3 Å². The SMILES string of the molecule is N#CCC(NN1CCOCC1)c1ccccc1. The first kappa shape index (κ1) is 12.1. The van der Waals surface area contributed by atoms with Crippen LogP contribution in [0.5, 0.6) is 0 Å². The molecule has 0 saturated carbocycles. The van der Waals surface area contributed by atoms with Crippen LogP contribution in [0.2, 0.25) is 0 Å². The molecule has 1 aliphatic rings. The molecule has 1 atom stereocenters. The lowest BCUT2D eigenvalue weighted by Crippen LogP contribution is -2.47. The summed E-state index contributed by atoms with van der Waals surface area (Å²) in [5.74, 6) is 0. The highest BCUT2D eigenvalue weighted by Crippen LogP contribution is 2.16. The Bertz CT molecular complexity index is 368. The predicted octanol–water partition coefficient (Wildman–Crippen LogP) is 1.48. The van der Waals surface area contributed by atoms with Crippen LogP contribution in [0.25, 0.3) is 0 Å². The van der Waals surface area contributed by atoms with E-state index in [1.54, 1.807) is 0 Å². The summed E-state index contributed by atoms with van der Waals surface area (Å²) < 4.78 is 5.30. The number of nitrogens with one attached hydrogen (secondary N) is 1. The second kappa shape index (κ2) is 6.36. The highest BCUT2D eigenvalue weighted by molar-refractivity contribution is 5.19. The number of morpholine rings is 1. The molecule has 0 spiro atoms. The van der Waals surface area contributed by atoms with Gasteiger partial charge in [0.05, 0.1) is 31.7 Å². The molecule has 0 radical (unpaired) electrons. The summed E-state index contributed by atoms with van der Waals surface area (Å²) >= 11 is 0. The zero-order chi connectivity index (χ0) is 11.9. The smallest absolute Gasteiger partial charge is 0.0642 e. The van der Waals surface area contributed by atoms with Crippen molar-refractivity contribution in [2.24, 2.45) is 0 Å². The predicted molar refractivity (Wildman–Crippen MR) is 64.9 cm³/mol. The summed E-state index contributed by atoms with van der Waals surface area (Å²) in [6, 6.07) is 12.4. The minimum absolute atomic E-state index is 0.0688. The van der Waals surface area contributed by atoms with Crippen LogP contribution >= 0.6 is 0 Å². The molecular weight excluding hydrogens is 214 g/mol. The van der Waals surface area contributed by atoms with E-state index in [4.69, 9.17) is 10.00 Å². The van der Waals surface area contributed by atoms with Crippen molar-refractivity contribution in [3.8, 4) is 6.07 Å². The van der Waals surface area contributed by atoms with E-state index in [2.05, 4.69) is 28.6 Å². The van der Waals surface area contributed by atoms with Gasteiger partial charge in [-0.25, -0.2) is 10.4 Å². The van der Waals surface area contributed by atoms with E-state index in [1.807, 2.05) is 18.2 Å². The van der Waals surface area contributed by atoms with E-state index >= 15 is 0 Å². The van der Waals surface area contributed by atoms with Gasteiger partial charge in [-0.15, -0.1) is 0 Å². The number of hydrogen-bond donors (Lipinski definition) is 1. The molecule has 0 amide bonds. The van der Waals surface area contributed by atoms with Crippen molar-refractivity contribution in [3.63, 3.8) is 0 Å². The molecule has 1 fully saturated rings. The number of nitrogens with zero attached hydrogens (tertiary/aromatic N) is 2. The largest absolute Gasteiger partial charge is 0.379 e. The van der Waals surface area contributed by atoms with Crippen molar-refractivity contribution in [1.29, 1.82) is 5.26 Å². The van der Waals surface area contributed by atoms with Crippen molar-refractivity contribution in [2.75, 3.05) is 26.3 Å². The average Bonchev–Trinajstić information content (AvgIpc) is 2.40. The van der Waals surface area contributed by atoms with E-state index in [9.17, 15) is 0 Å². The lowest BCUT2D eigenvalue weighted by atomic mass is 10.1. The van der Waals surface area contributed by atoms with Crippen LogP contribution in [0, 0.1) is 11.3 Å². The fraction of sp³-hybridized carbons (Fsp3) is 0.462. The lowest BCUT2D eigenvalue weighted by Gasteiger charge is -2.31. The standard InChI is InChI=1S/C13H17N3O/c14-7-6-13(12-4-2-1-3-5-12)15-16-8-10-17-11-9-16/h1-5,13,15H,6,8-11H2. The first-order valence-electron chi connectivity index (χ1n) is 5.91. The van der Waals surface area contributed by atoms with Gasteiger partial charge in [0.15, 0.2) is 0 Å². The number of rotatable bonds is 4. The normalized spacial score (nSPS) is 18.5. The van der Waals surface area contributed by atoms with Crippen LogP contribution in [0.3, 0.4) is 0 Å². The third-order valence-corrected chi connectivity index (χ3v) is 2.85. The Morgan fingerprint density at radius 3 is 2.65 bits per heavy atom. The number of nitriles is 1. The second-order valence-electron chi connectivity index (χ2n) is 4.05. The highest BCUT2D eigenvalue weighted by Gasteiger charge is 2.16. The van der Waals surface area contributed by atoms with Gasteiger partial charge >= 0.3 is 0 Å². The summed E-state index contributed by atoms with van der Waals surface area (Å²) in [4.78, 5) is 0. The molecule has 1 unspecified atom stereocenters. The molecule has 1 N–H and O–H groups in total. The van der Waals surface area contributed by atoms with Crippen molar-refractivity contribution in [1.82, 2.24) is 10.4 Å². The highest BCUT2D eigenvalue weighted by atomic mass is 16.5. The van der Waals surface area contributed by atoms with E-state index in [-0.39, 0.29) is 6.04 Å². The molecule has 1 saturated heterocycles. The number of ether oxygens (including phenoxy) is 1. The Hall–Kier alpha value is -1.41. The average molecular weight is 231 g/mol. The van der Waals surface area contributed by atoms with Gasteiger partial charge in [-0.2, -0.15) is 5.26 Å². The Labute approximate surface area is 102 Å². The van der Waals surface area contributed by atoms with Gasteiger partial charge in [0.25, 0.3) is 0 Å². The summed E-state index contributed by atoms with van der Waals surface area (Å²) in [6.45, 7) is 3.24. The van der Waals surface area contributed by atoms with Crippen LogP contribution in [0.1, 0.15) is 18.0 Å². The molecule has 4 heteroatoms. The topological polar surface area (TPSA) is 48.3 Å². The minimum Gasteiger partial charge on any atom is -0.379 e. The van der Waals surface area contributed by atoms with Crippen molar-refractivity contribution < 1.29 is 4.74 Å². The minimum atomic E-state index is 0.0688. The van der Waals surface area contributed by atoms with E-state index in [1.165, 1.54) is 0 Å². The van der Waals surface area contributed by atoms with Gasteiger partial charge in [0.2, 0.25) is 0 Å². The molecule has 4 nitrogen and oxygen atoms in total. The monoisotopic (exact) mass is 231 g/mol. The Morgan fingerprint density at radius 2 is 2.00 bits per heavy atom. The molecule has 1 heterocycles. The maximum atomic E-state index is 8.89. The number of benzene rings is 1. The molecule has 90 valence electrons. The molecule has 0 bridgehead atoms. The molecule has 0 aromatic heterocycles. The molecular formula is C13H17N3O. The van der Waals surface area contributed by atoms with Crippen molar-refractivity contribution >= 4 is 0 Å². The van der Waals surface area contributed by atoms with Gasteiger partial charge in [-0.1, -0.05) is 30.3 Å². The van der Waals surface area contributed by atoms with Crippen LogP contribution in [0.4, 0.5) is 0 Å². The zero-order valence-corrected chi connectivity index (χ0v) is 9.80. The van der Waals surface area contributed by atoms with Crippen LogP contribution < -0.4 is 5.43 Å². The number of hydrazine groups is 1. The van der Waals surface area contributed by atoms with Crippen LogP contribution in [-0.4, -0.2) is 31.3 Å². The fourth-order valence-corrected chi connectivity index (χ4v) is 1.93. The van der Waals surface area contributed by atoms with E-state index < -0.39 is 0 Å². The van der Waals surface area contributed by atoms with E-state index in [0.717, 1.165) is 31.9 Å². The maximum absolute atomic E-state index is 8.89. The van der Waals surface area contributed by atoms with Gasteiger partial charge in [0, 0.05) is 13.1 Å². The van der Waals surface area contributed by atoms with Crippen molar-refractivity contribution in [3.05, 3.63) is 35.9 Å². The zero-order valence-electron chi connectivity index (χ0n) is 9.80. The fourth-order valence-electron chi connectivity index (χ4n) is 1.93. The first-order chi connectivity index (χ1) is 8.40. The molecule has 1 aliphatic heterocycles. The lowest BCUT2D eigenvalue weighted by molar-refractivity contribution is 0.00369. The Balaban J connectivity index is 1.99. The second-order valence-corrected chi connectivity index (χ2v) is 4.05. The summed E-state index contributed by atoms with van der Waals surface area (Å²) in [7, 11) is 0.